The van der Waals surface area contributed by atoms with E-state index in [1.165, 1.54) is 0 Å². The van der Waals surface area contributed by atoms with Crippen LogP contribution in [-0.4, -0.2) is 52.3 Å². The number of likely N-dealkylation sites (tertiary alicyclic amines) is 1. The zero-order valence-electron chi connectivity index (χ0n) is 15.4. The van der Waals surface area contributed by atoms with Crippen LogP contribution in [0.3, 0.4) is 0 Å². The number of halogens is 2. The Hall–Kier alpha value is -1.63. The van der Waals surface area contributed by atoms with E-state index in [2.05, 4.69) is 15.4 Å². The van der Waals surface area contributed by atoms with Crippen molar-refractivity contribution in [1.82, 2.24) is 25.0 Å². The molecule has 0 radical (unpaired) electrons. The molecule has 0 aliphatic carbocycles. The number of aromatic nitrogens is 3. The van der Waals surface area contributed by atoms with E-state index in [1.54, 1.807) is 10.9 Å². The second-order valence-corrected chi connectivity index (χ2v) is 6.54. The molecule has 0 saturated carbocycles. The Morgan fingerprint density at radius 1 is 1.23 bits per heavy atom. The first-order valence-electron chi connectivity index (χ1n) is 8.52. The molecule has 3 heterocycles. The number of aryl methyl sites for hydroxylation is 2. The maximum Gasteiger partial charge on any atom is 0.255 e. The van der Waals surface area contributed by atoms with Gasteiger partial charge in [-0.25, -0.2) is 9.67 Å². The Labute approximate surface area is 167 Å². The third kappa shape index (κ3) is 4.96. The van der Waals surface area contributed by atoms with E-state index in [4.69, 9.17) is 0 Å². The zero-order valence-corrected chi connectivity index (χ0v) is 17.1. The van der Waals surface area contributed by atoms with E-state index in [-0.39, 0.29) is 30.7 Å². The minimum atomic E-state index is 0. The summed E-state index contributed by atoms with van der Waals surface area (Å²) in [5.41, 5.74) is 2.64. The molecular formula is C18H27Cl2N5O. The summed E-state index contributed by atoms with van der Waals surface area (Å²) in [6.07, 6.45) is 3.78. The van der Waals surface area contributed by atoms with Crippen molar-refractivity contribution in [3.8, 4) is 5.82 Å². The lowest BCUT2D eigenvalue weighted by atomic mass is 9.96. The van der Waals surface area contributed by atoms with Crippen LogP contribution in [0, 0.1) is 19.8 Å². The molecule has 0 spiro atoms. The Morgan fingerprint density at radius 2 is 1.92 bits per heavy atom. The summed E-state index contributed by atoms with van der Waals surface area (Å²) in [6, 6.07) is 5.72. The van der Waals surface area contributed by atoms with Gasteiger partial charge in [-0.1, -0.05) is 0 Å². The van der Waals surface area contributed by atoms with Crippen LogP contribution in [0.5, 0.6) is 0 Å². The van der Waals surface area contributed by atoms with Gasteiger partial charge in [-0.2, -0.15) is 5.10 Å². The lowest BCUT2D eigenvalue weighted by Crippen LogP contribution is -2.40. The SMILES string of the molecule is CNCC1CCN(C(=O)c2ccc(-n3nc(C)cc3C)nc2)CC1.Cl.Cl. The van der Waals surface area contributed by atoms with Crippen LogP contribution in [0.2, 0.25) is 0 Å². The van der Waals surface area contributed by atoms with Crippen LogP contribution < -0.4 is 5.32 Å². The van der Waals surface area contributed by atoms with E-state index in [0.717, 1.165) is 49.7 Å². The highest BCUT2D eigenvalue weighted by Crippen LogP contribution is 2.19. The smallest absolute Gasteiger partial charge is 0.255 e. The highest BCUT2D eigenvalue weighted by Gasteiger charge is 2.23. The summed E-state index contributed by atoms with van der Waals surface area (Å²) in [5, 5.41) is 7.64. The molecule has 1 aliphatic rings. The van der Waals surface area contributed by atoms with Crippen LogP contribution in [0.1, 0.15) is 34.6 Å². The maximum absolute atomic E-state index is 12.6. The van der Waals surface area contributed by atoms with Gasteiger partial charge < -0.3 is 10.2 Å². The quantitative estimate of drug-likeness (QED) is 0.858. The lowest BCUT2D eigenvalue weighted by Gasteiger charge is -2.32. The Morgan fingerprint density at radius 3 is 2.42 bits per heavy atom. The standard InChI is InChI=1S/C18H25N5O.2ClH/c1-13-10-14(2)23(21-13)17-5-4-16(12-20-17)18(24)22-8-6-15(7-9-22)11-19-3;;/h4-5,10,12,15,19H,6-9,11H2,1-3H3;2*1H. The molecule has 0 atom stereocenters. The number of nitrogens with zero attached hydrogens (tertiary/aromatic N) is 4. The second kappa shape index (κ2) is 9.90. The number of carbonyl (C=O) groups is 1. The molecule has 1 saturated heterocycles. The fraction of sp³-hybridized carbons (Fsp3) is 0.500. The molecule has 6 nitrogen and oxygen atoms in total. The van der Waals surface area contributed by atoms with Crippen molar-refractivity contribution in [3.63, 3.8) is 0 Å². The van der Waals surface area contributed by atoms with Gasteiger partial charge in [0.15, 0.2) is 5.82 Å². The van der Waals surface area contributed by atoms with Gasteiger partial charge in [0, 0.05) is 25.0 Å². The molecule has 1 fully saturated rings. The van der Waals surface area contributed by atoms with Crippen LogP contribution in [-0.2, 0) is 0 Å². The summed E-state index contributed by atoms with van der Waals surface area (Å²) in [4.78, 5) is 19.0. The van der Waals surface area contributed by atoms with Crippen LogP contribution in [0.25, 0.3) is 5.82 Å². The third-order valence-corrected chi connectivity index (χ3v) is 4.62. The first-order chi connectivity index (χ1) is 11.6. The van der Waals surface area contributed by atoms with Crippen molar-refractivity contribution in [2.75, 3.05) is 26.7 Å². The fourth-order valence-corrected chi connectivity index (χ4v) is 3.31. The van der Waals surface area contributed by atoms with Crippen LogP contribution in [0.4, 0.5) is 0 Å². The number of hydrogen-bond acceptors (Lipinski definition) is 4. The maximum atomic E-state index is 12.6. The normalized spacial score (nSPS) is 14.5. The number of piperidine rings is 1. The molecule has 2 aromatic rings. The summed E-state index contributed by atoms with van der Waals surface area (Å²) in [5.74, 6) is 1.49. The minimum Gasteiger partial charge on any atom is -0.339 e. The van der Waals surface area contributed by atoms with Gasteiger partial charge in [-0.3, -0.25) is 4.79 Å². The highest BCUT2D eigenvalue weighted by atomic mass is 35.5. The molecule has 144 valence electrons. The first kappa shape index (κ1) is 22.4. The fourth-order valence-electron chi connectivity index (χ4n) is 3.31. The van der Waals surface area contributed by atoms with E-state index >= 15 is 0 Å². The van der Waals surface area contributed by atoms with Gasteiger partial charge in [0.05, 0.1) is 11.3 Å². The number of carbonyl (C=O) groups excluding carboxylic acids is 1. The molecule has 1 aliphatic heterocycles. The van der Waals surface area contributed by atoms with Crippen molar-refractivity contribution >= 4 is 30.7 Å². The largest absolute Gasteiger partial charge is 0.339 e. The van der Waals surface area contributed by atoms with Gasteiger partial charge in [0.1, 0.15) is 0 Å². The van der Waals surface area contributed by atoms with Gasteiger partial charge in [-0.15, -0.1) is 24.8 Å². The predicted octanol–water partition coefficient (Wildman–Crippen LogP) is 2.80. The molecule has 8 heteroatoms. The lowest BCUT2D eigenvalue weighted by molar-refractivity contribution is 0.0690. The van der Waals surface area contributed by atoms with Crippen LogP contribution in [0.15, 0.2) is 24.4 Å². The summed E-state index contributed by atoms with van der Waals surface area (Å²) in [6.45, 7) is 6.63. The average molecular weight is 400 g/mol. The molecule has 0 bridgehead atoms. The van der Waals surface area contributed by atoms with Crippen LogP contribution >= 0.6 is 24.8 Å². The van der Waals surface area contributed by atoms with Crippen molar-refractivity contribution < 1.29 is 4.79 Å². The van der Waals surface area contributed by atoms with Gasteiger partial charge >= 0.3 is 0 Å². The number of pyridine rings is 1. The van der Waals surface area contributed by atoms with Gasteiger partial charge in [0.2, 0.25) is 0 Å². The minimum absolute atomic E-state index is 0. The zero-order chi connectivity index (χ0) is 17.1. The van der Waals surface area contributed by atoms with Crippen molar-refractivity contribution in [2.24, 2.45) is 5.92 Å². The molecule has 0 unspecified atom stereocenters. The summed E-state index contributed by atoms with van der Waals surface area (Å²) >= 11 is 0. The van der Waals surface area contributed by atoms with Gasteiger partial charge in [-0.05, 0) is 64.4 Å². The number of amides is 1. The monoisotopic (exact) mass is 399 g/mol. The molecule has 1 amide bonds. The van der Waals surface area contributed by atoms with Crippen molar-refractivity contribution in [1.29, 1.82) is 0 Å². The molecule has 2 aromatic heterocycles. The molecular weight excluding hydrogens is 373 g/mol. The average Bonchev–Trinajstić information content (AvgIpc) is 2.94. The topological polar surface area (TPSA) is 63.1 Å². The third-order valence-electron chi connectivity index (χ3n) is 4.62. The molecule has 26 heavy (non-hydrogen) atoms. The van der Waals surface area contributed by atoms with Gasteiger partial charge in [0.25, 0.3) is 5.91 Å². The highest BCUT2D eigenvalue weighted by molar-refractivity contribution is 5.94. The number of nitrogens with one attached hydrogen (secondary N) is 1. The van der Waals surface area contributed by atoms with E-state index in [0.29, 0.717) is 11.5 Å². The Bertz CT molecular complexity index is 709. The van der Waals surface area contributed by atoms with E-state index < -0.39 is 0 Å². The number of rotatable bonds is 4. The molecule has 3 rings (SSSR count). The van der Waals surface area contributed by atoms with E-state index in [9.17, 15) is 4.79 Å². The van der Waals surface area contributed by atoms with Crippen molar-refractivity contribution in [3.05, 3.63) is 41.3 Å². The molecule has 0 aromatic carbocycles. The predicted molar refractivity (Wildman–Crippen MR) is 108 cm³/mol. The Kier molecular flexibility index (Phi) is 8.53. The second-order valence-electron chi connectivity index (χ2n) is 6.54. The number of hydrogen-bond donors (Lipinski definition) is 1. The Balaban J connectivity index is 0.00000169. The molecule has 1 N–H and O–H groups in total. The summed E-state index contributed by atoms with van der Waals surface area (Å²) < 4.78 is 1.80. The van der Waals surface area contributed by atoms with Crippen molar-refractivity contribution in [2.45, 2.75) is 26.7 Å². The first-order valence-corrected chi connectivity index (χ1v) is 8.52. The van der Waals surface area contributed by atoms with E-state index in [1.807, 2.05) is 44.0 Å². The summed E-state index contributed by atoms with van der Waals surface area (Å²) in [7, 11) is 1.98.